The summed E-state index contributed by atoms with van der Waals surface area (Å²) in [6.07, 6.45) is 3.05. The van der Waals surface area contributed by atoms with Crippen LogP contribution < -0.4 is 0 Å². The molecular weight excluding hydrogens is 248 g/mol. The average Bonchev–Trinajstić information content (AvgIpc) is 2.33. The number of ether oxygens (including phenoxy) is 1. The third kappa shape index (κ3) is 3.90. The molecule has 0 radical (unpaired) electrons. The highest BCUT2D eigenvalue weighted by Crippen LogP contribution is 2.23. The number of carbonyl (C=O) groups excluding carboxylic acids is 1. The van der Waals surface area contributed by atoms with E-state index in [-0.39, 0.29) is 5.97 Å². The minimum absolute atomic E-state index is 0.385. The van der Waals surface area contributed by atoms with Crippen LogP contribution in [0.5, 0.6) is 0 Å². The molecule has 1 rings (SSSR count). The number of rotatable bonds is 4. The van der Waals surface area contributed by atoms with Gasteiger partial charge in [-0.1, -0.05) is 6.08 Å². The van der Waals surface area contributed by atoms with Crippen LogP contribution in [0.15, 0.2) is 23.2 Å². The molecule has 4 nitrogen and oxygen atoms in total. The predicted octanol–water partition coefficient (Wildman–Crippen LogP) is 2.39. The fourth-order valence-corrected chi connectivity index (χ4v) is 2.29. The summed E-state index contributed by atoms with van der Waals surface area (Å²) in [7, 11) is 1.33. The Labute approximate surface area is 111 Å². The lowest BCUT2D eigenvalue weighted by atomic mass is 10.1. The normalized spacial score (nSPS) is 10.3. The van der Waals surface area contributed by atoms with E-state index in [1.54, 1.807) is 6.08 Å². The smallest absolute Gasteiger partial charge is 0.330 e. The minimum atomic E-state index is -0.385. The molecule has 0 aliphatic carbocycles. The van der Waals surface area contributed by atoms with Gasteiger partial charge in [-0.3, -0.25) is 0 Å². The summed E-state index contributed by atoms with van der Waals surface area (Å²) < 4.78 is 4.48. The second kappa shape index (κ2) is 6.82. The number of carbonyl (C=O) groups is 1. The van der Waals surface area contributed by atoms with Crippen LogP contribution in [-0.2, 0) is 9.53 Å². The topological polar surface area (TPSA) is 63.0 Å². The molecule has 0 aliphatic heterocycles. The molecule has 0 bridgehead atoms. The van der Waals surface area contributed by atoms with Gasteiger partial charge in [0.1, 0.15) is 11.1 Å². The Bertz CT molecular complexity index is 518. The molecule has 0 saturated carbocycles. The number of nitriles is 1. The Morgan fingerprint density at radius 2 is 2.33 bits per heavy atom. The van der Waals surface area contributed by atoms with Gasteiger partial charge in [0.25, 0.3) is 0 Å². The number of esters is 1. The quantitative estimate of drug-likeness (QED) is 0.473. The van der Waals surface area contributed by atoms with Crippen molar-refractivity contribution in [1.82, 2.24) is 4.98 Å². The van der Waals surface area contributed by atoms with Gasteiger partial charge in [0.15, 0.2) is 0 Å². The molecule has 0 fully saturated rings. The maximum atomic E-state index is 10.9. The zero-order chi connectivity index (χ0) is 13.5. The summed E-state index contributed by atoms with van der Waals surface area (Å²) in [6.45, 7) is 3.78. The summed E-state index contributed by atoms with van der Waals surface area (Å²) in [5.41, 5.74) is 2.40. The molecule has 0 aromatic carbocycles. The lowest BCUT2D eigenvalue weighted by Gasteiger charge is -2.05. The van der Waals surface area contributed by atoms with Crippen LogP contribution in [0.25, 0.3) is 0 Å². The molecular formula is C13H14N2O2S. The third-order valence-electron chi connectivity index (χ3n) is 2.19. The first-order valence-corrected chi connectivity index (χ1v) is 6.32. The molecule has 0 N–H and O–H groups in total. The highest BCUT2D eigenvalue weighted by molar-refractivity contribution is 7.99. The van der Waals surface area contributed by atoms with Crippen LogP contribution in [0.2, 0.25) is 0 Å². The average molecular weight is 262 g/mol. The first-order valence-electron chi connectivity index (χ1n) is 5.34. The molecule has 0 spiro atoms. The summed E-state index contributed by atoms with van der Waals surface area (Å²) in [5, 5.41) is 9.78. The molecule has 18 heavy (non-hydrogen) atoms. The Morgan fingerprint density at radius 3 is 2.94 bits per heavy atom. The number of methoxy groups -OCH3 is 1. The van der Waals surface area contributed by atoms with Crippen molar-refractivity contribution in [3.8, 4) is 6.07 Å². The summed E-state index contributed by atoms with van der Waals surface area (Å²) >= 11 is 1.42. The van der Waals surface area contributed by atoms with Gasteiger partial charge < -0.3 is 4.74 Å². The number of pyridine rings is 1. The first-order chi connectivity index (χ1) is 8.58. The van der Waals surface area contributed by atoms with Gasteiger partial charge in [0.2, 0.25) is 0 Å². The highest BCUT2D eigenvalue weighted by atomic mass is 32.2. The van der Waals surface area contributed by atoms with Crippen LogP contribution in [0.4, 0.5) is 0 Å². The Balaban J connectivity index is 2.76. The largest absolute Gasteiger partial charge is 0.466 e. The Morgan fingerprint density at radius 1 is 1.61 bits per heavy atom. The van der Waals surface area contributed by atoms with E-state index in [0.29, 0.717) is 16.3 Å². The number of hydrogen-bond acceptors (Lipinski definition) is 5. The van der Waals surface area contributed by atoms with Crippen molar-refractivity contribution in [2.24, 2.45) is 0 Å². The van der Waals surface area contributed by atoms with Crippen molar-refractivity contribution in [2.75, 3.05) is 12.9 Å². The van der Waals surface area contributed by atoms with Crippen molar-refractivity contribution in [3.05, 3.63) is 35.0 Å². The van der Waals surface area contributed by atoms with Gasteiger partial charge in [-0.05, 0) is 25.5 Å². The van der Waals surface area contributed by atoms with E-state index in [1.807, 2.05) is 19.9 Å². The molecule has 1 heterocycles. The van der Waals surface area contributed by atoms with E-state index < -0.39 is 0 Å². The molecule has 1 aromatic rings. The molecule has 0 amide bonds. The summed E-state index contributed by atoms with van der Waals surface area (Å²) in [6, 6.07) is 4.03. The lowest BCUT2D eigenvalue weighted by molar-refractivity contribution is -0.134. The lowest BCUT2D eigenvalue weighted by Crippen LogP contribution is -1.96. The number of hydrogen-bond donors (Lipinski definition) is 0. The van der Waals surface area contributed by atoms with Crippen molar-refractivity contribution >= 4 is 17.7 Å². The van der Waals surface area contributed by atoms with E-state index in [1.165, 1.54) is 24.9 Å². The molecule has 5 heteroatoms. The number of aromatic nitrogens is 1. The van der Waals surface area contributed by atoms with Gasteiger partial charge in [-0.2, -0.15) is 5.26 Å². The van der Waals surface area contributed by atoms with Crippen molar-refractivity contribution in [3.63, 3.8) is 0 Å². The molecule has 0 unspecified atom stereocenters. The standard InChI is InChI=1S/C13H14N2O2S/c1-9-7-10(2)15-13(11(9)8-14)18-6-4-5-12(16)17-3/h4-5,7H,6H2,1-3H3. The van der Waals surface area contributed by atoms with E-state index in [4.69, 9.17) is 5.26 Å². The minimum Gasteiger partial charge on any atom is -0.466 e. The van der Waals surface area contributed by atoms with Crippen molar-refractivity contribution < 1.29 is 9.53 Å². The second-order valence-corrected chi connectivity index (χ2v) is 4.62. The molecule has 1 aromatic heterocycles. The van der Waals surface area contributed by atoms with Crippen LogP contribution in [0, 0.1) is 25.2 Å². The fourth-order valence-electron chi connectivity index (χ4n) is 1.38. The molecule has 0 aliphatic rings. The predicted molar refractivity (Wildman–Crippen MR) is 70.3 cm³/mol. The third-order valence-corrected chi connectivity index (χ3v) is 3.12. The zero-order valence-electron chi connectivity index (χ0n) is 10.6. The number of thioether (sulfide) groups is 1. The summed E-state index contributed by atoms with van der Waals surface area (Å²) in [4.78, 5) is 15.2. The monoisotopic (exact) mass is 262 g/mol. The van der Waals surface area contributed by atoms with E-state index in [2.05, 4.69) is 15.8 Å². The Hall–Kier alpha value is -1.80. The van der Waals surface area contributed by atoms with Gasteiger partial charge in [-0.15, -0.1) is 11.8 Å². The summed E-state index contributed by atoms with van der Waals surface area (Å²) in [5.74, 6) is 0.184. The molecule has 0 saturated heterocycles. The van der Waals surface area contributed by atoms with Crippen LogP contribution in [-0.4, -0.2) is 23.8 Å². The molecule has 94 valence electrons. The first kappa shape index (κ1) is 14.3. The number of aryl methyl sites for hydroxylation is 2. The van der Waals surface area contributed by atoms with E-state index in [0.717, 1.165) is 11.3 Å². The van der Waals surface area contributed by atoms with Gasteiger partial charge in [-0.25, -0.2) is 9.78 Å². The number of nitrogens with zero attached hydrogens (tertiary/aromatic N) is 2. The fraction of sp³-hybridized carbons (Fsp3) is 0.308. The zero-order valence-corrected chi connectivity index (χ0v) is 11.4. The van der Waals surface area contributed by atoms with Crippen LogP contribution >= 0.6 is 11.8 Å². The SMILES string of the molecule is COC(=O)C=CCSc1nc(C)cc(C)c1C#N. The highest BCUT2D eigenvalue weighted by Gasteiger charge is 2.08. The van der Waals surface area contributed by atoms with Gasteiger partial charge in [0.05, 0.1) is 12.7 Å². The van der Waals surface area contributed by atoms with Crippen molar-refractivity contribution in [2.45, 2.75) is 18.9 Å². The van der Waals surface area contributed by atoms with E-state index in [9.17, 15) is 4.79 Å². The van der Waals surface area contributed by atoms with Gasteiger partial charge >= 0.3 is 5.97 Å². The maximum Gasteiger partial charge on any atom is 0.330 e. The Kier molecular flexibility index (Phi) is 5.40. The van der Waals surface area contributed by atoms with Crippen LogP contribution in [0.3, 0.4) is 0 Å². The second-order valence-electron chi connectivity index (χ2n) is 3.61. The van der Waals surface area contributed by atoms with Gasteiger partial charge in [0, 0.05) is 17.5 Å². The maximum absolute atomic E-state index is 10.9. The van der Waals surface area contributed by atoms with E-state index >= 15 is 0 Å². The molecule has 0 atom stereocenters. The van der Waals surface area contributed by atoms with Crippen molar-refractivity contribution in [1.29, 1.82) is 5.26 Å². The van der Waals surface area contributed by atoms with Crippen LogP contribution in [0.1, 0.15) is 16.8 Å².